The zero-order chi connectivity index (χ0) is 16.1. The lowest BCUT2D eigenvalue weighted by molar-refractivity contribution is -0.135. The van der Waals surface area contributed by atoms with Crippen LogP contribution in [0.4, 0.5) is 0 Å². The van der Waals surface area contributed by atoms with Gasteiger partial charge in [-0.15, -0.1) is 0 Å². The molecule has 0 bridgehead atoms. The monoisotopic (exact) mass is 319 g/mol. The predicted molar refractivity (Wildman–Crippen MR) is 85.8 cm³/mol. The first-order valence-electron chi connectivity index (χ1n) is 8.41. The van der Waals surface area contributed by atoms with E-state index in [4.69, 9.17) is 4.74 Å². The number of hydrogen-bond donors (Lipinski definition) is 1. The summed E-state index contributed by atoms with van der Waals surface area (Å²) in [4.78, 5) is 20.7. The second kappa shape index (κ2) is 7.86. The molecule has 1 aromatic rings. The highest BCUT2D eigenvalue weighted by atomic mass is 16.5. The highest BCUT2D eigenvalue weighted by molar-refractivity contribution is 5.78. The van der Waals surface area contributed by atoms with Gasteiger partial charge in [-0.2, -0.15) is 0 Å². The van der Waals surface area contributed by atoms with Gasteiger partial charge in [0.2, 0.25) is 5.91 Å². The summed E-state index contributed by atoms with van der Waals surface area (Å²) in [6, 6.07) is 5.61. The third-order valence-electron chi connectivity index (χ3n) is 4.79. The molecule has 1 aromatic heterocycles. The van der Waals surface area contributed by atoms with Gasteiger partial charge in [0, 0.05) is 32.4 Å². The van der Waals surface area contributed by atoms with Crippen molar-refractivity contribution in [1.82, 2.24) is 14.8 Å². The number of piperidine rings is 1. The highest BCUT2D eigenvalue weighted by Crippen LogP contribution is 2.29. The van der Waals surface area contributed by atoms with Crippen molar-refractivity contribution in [2.75, 3.05) is 45.9 Å². The minimum absolute atomic E-state index is 0.178. The first-order chi connectivity index (χ1) is 11.2. The largest absolute Gasteiger partial charge is 0.387 e. The van der Waals surface area contributed by atoms with Gasteiger partial charge in [0.15, 0.2) is 0 Å². The molecule has 2 saturated heterocycles. The Morgan fingerprint density at radius 1 is 1.26 bits per heavy atom. The maximum absolute atomic E-state index is 12.4. The molecule has 6 nitrogen and oxygen atoms in total. The standard InChI is InChI=1S/C17H25N3O3/c21-16(13-19-9-11-23-12-10-19)20-7-4-14(5-8-20)17(22)15-3-1-2-6-18-15/h1-3,6,14,17,22H,4-5,7-13H2/t17-/m0/s1. The summed E-state index contributed by atoms with van der Waals surface area (Å²) in [6.07, 6.45) is 2.83. The number of aliphatic hydroxyl groups is 1. The Kier molecular flexibility index (Phi) is 5.59. The van der Waals surface area contributed by atoms with E-state index in [9.17, 15) is 9.90 Å². The molecule has 23 heavy (non-hydrogen) atoms. The van der Waals surface area contributed by atoms with E-state index >= 15 is 0 Å². The number of morpholine rings is 1. The number of carbonyl (C=O) groups excluding carboxylic acids is 1. The van der Waals surface area contributed by atoms with Gasteiger partial charge < -0.3 is 14.7 Å². The van der Waals surface area contributed by atoms with Gasteiger partial charge in [0.25, 0.3) is 0 Å². The molecule has 0 aliphatic carbocycles. The molecule has 0 radical (unpaired) electrons. The van der Waals surface area contributed by atoms with Crippen LogP contribution in [0.5, 0.6) is 0 Å². The SMILES string of the molecule is O=C(CN1CCOCC1)N1CCC([C@H](O)c2ccccn2)CC1. The van der Waals surface area contributed by atoms with Gasteiger partial charge in [-0.05, 0) is 30.9 Å². The summed E-state index contributed by atoms with van der Waals surface area (Å²) in [6.45, 7) is 5.02. The number of aliphatic hydroxyl groups excluding tert-OH is 1. The predicted octanol–water partition coefficient (Wildman–Crippen LogP) is 0.686. The van der Waals surface area contributed by atoms with Gasteiger partial charge in [0.1, 0.15) is 0 Å². The van der Waals surface area contributed by atoms with Crippen LogP contribution in [0.3, 0.4) is 0 Å². The van der Waals surface area contributed by atoms with E-state index in [1.807, 2.05) is 23.1 Å². The van der Waals surface area contributed by atoms with Gasteiger partial charge in [-0.25, -0.2) is 0 Å². The Balaban J connectivity index is 1.47. The normalized spacial score (nSPS) is 22.0. The maximum Gasteiger partial charge on any atom is 0.236 e. The number of amides is 1. The number of pyridine rings is 1. The quantitative estimate of drug-likeness (QED) is 0.884. The zero-order valence-electron chi connectivity index (χ0n) is 13.4. The van der Waals surface area contributed by atoms with Crippen molar-refractivity contribution in [2.45, 2.75) is 18.9 Å². The molecule has 1 N–H and O–H groups in total. The summed E-state index contributed by atoms with van der Waals surface area (Å²) in [7, 11) is 0. The molecule has 126 valence electrons. The average molecular weight is 319 g/mol. The minimum Gasteiger partial charge on any atom is -0.387 e. The fourth-order valence-corrected chi connectivity index (χ4v) is 3.31. The van der Waals surface area contributed by atoms with E-state index < -0.39 is 6.10 Å². The lowest BCUT2D eigenvalue weighted by atomic mass is 9.89. The molecule has 0 saturated carbocycles. The first kappa shape index (κ1) is 16.4. The second-order valence-electron chi connectivity index (χ2n) is 6.31. The number of nitrogens with zero attached hydrogens (tertiary/aromatic N) is 3. The molecule has 0 aromatic carbocycles. The Morgan fingerprint density at radius 3 is 2.65 bits per heavy atom. The van der Waals surface area contributed by atoms with E-state index in [1.165, 1.54) is 0 Å². The van der Waals surface area contributed by atoms with E-state index in [0.717, 1.165) is 44.7 Å². The van der Waals surface area contributed by atoms with Gasteiger partial charge in [-0.1, -0.05) is 6.07 Å². The van der Waals surface area contributed by atoms with E-state index in [-0.39, 0.29) is 11.8 Å². The smallest absolute Gasteiger partial charge is 0.236 e. The molecular weight excluding hydrogens is 294 g/mol. The topological polar surface area (TPSA) is 65.9 Å². The summed E-state index contributed by atoms with van der Waals surface area (Å²) < 4.78 is 5.31. The summed E-state index contributed by atoms with van der Waals surface area (Å²) in [5.74, 6) is 0.370. The number of hydrogen-bond acceptors (Lipinski definition) is 5. The first-order valence-corrected chi connectivity index (χ1v) is 8.41. The lowest BCUT2D eigenvalue weighted by Gasteiger charge is -2.35. The van der Waals surface area contributed by atoms with Gasteiger partial charge >= 0.3 is 0 Å². The Hall–Kier alpha value is -1.50. The molecule has 0 unspecified atom stereocenters. The van der Waals surface area contributed by atoms with Gasteiger partial charge in [-0.3, -0.25) is 14.7 Å². The zero-order valence-corrected chi connectivity index (χ0v) is 13.4. The van der Waals surface area contributed by atoms with E-state index in [2.05, 4.69) is 9.88 Å². The number of carbonyl (C=O) groups is 1. The van der Waals surface area contributed by atoms with Crippen molar-refractivity contribution in [3.63, 3.8) is 0 Å². The van der Waals surface area contributed by atoms with Crippen molar-refractivity contribution in [1.29, 1.82) is 0 Å². The molecular formula is C17H25N3O3. The molecule has 2 fully saturated rings. The minimum atomic E-state index is -0.535. The van der Waals surface area contributed by atoms with Crippen LogP contribution in [-0.4, -0.2) is 71.7 Å². The number of rotatable bonds is 4. The van der Waals surface area contributed by atoms with Gasteiger partial charge in [0.05, 0.1) is 31.6 Å². The molecule has 2 aliphatic heterocycles. The third kappa shape index (κ3) is 4.28. The number of likely N-dealkylation sites (tertiary alicyclic amines) is 1. The van der Waals surface area contributed by atoms with Crippen molar-refractivity contribution < 1.29 is 14.6 Å². The molecule has 1 atom stereocenters. The molecule has 3 heterocycles. The van der Waals surface area contributed by atoms with Crippen LogP contribution < -0.4 is 0 Å². The fourth-order valence-electron chi connectivity index (χ4n) is 3.31. The molecule has 0 spiro atoms. The highest BCUT2D eigenvalue weighted by Gasteiger charge is 2.29. The van der Waals surface area contributed by atoms with Crippen LogP contribution in [0.25, 0.3) is 0 Å². The van der Waals surface area contributed by atoms with Crippen molar-refractivity contribution in [3.05, 3.63) is 30.1 Å². The van der Waals surface area contributed by atoms with E-state index in [0.29, 0.717) is 19.8 Å². The molecule has 1 amide bonds. The van der Waals surface area contributed by atoms with Crippen LogP contribution in [0.2, 0.25) is 0 Å². The van der Waals surface area contributed by atoms with Crippen LogP contribution in [-0.2, 0) is 9.53 Å². The van der Waals surface area contributed by atoms with Crippen molar-refractivity contribution >= 4 is 5.91 Å². The van der Waals surface area contributed by atoms with Crippen molar-refractivity contribution in [3.8, 4) is 0 Å². The Bertz CT molecular complexity index is 497. The second-order valence-corrected chi connectivity index (χ2v) is 6.31. The number of ether oxygens (including phenoxy) is 1. The average Bonchev–Trinajstić information content (AvgIpc) is 2.63. The summed E-state index contributed by atoms with van der Waals surface area (Å²) in [5.41, 5.74) is 0.727. The van der Waals surface area contributed by atoms with Crippen LogP contribution in [0.1, 0.15) is 24.6 Å². The van der Waals surface area contributed by atoms with Crippen molar-refractivity contribution in [2.24, 2.45) is 5.92 Å². The number of aromatic nitrogens is 1. The van der Waals surface area contributed by atoms with Crippen LogP contribution >= 0.6 is 0 Å². The van der Waals surface area contributed by atoms with Crippen LogP contribution in [0, 0.1) is 5.92 Å². The molecule has 6 heteroatoms. The van der Waals surface area contributed by atoms with Crippen LogP contribution in [0.15, 0.2) is 24.4 Å². The Morgan fingerprint density at radius 2 is 2.00 bits per heavy atom. The lowest BCUT2D eigenvalue weighted by Crippen LogP contribution is -2.47. The fraction of sp³-hybridized carbons (Fsp3) is 0.647. The molecule has 3 rings (SSSR count). The molecule has 2 aliphatic rings. The van der Waals surface area contributed by atoms with E-state index in [1.54, 1.807) is 6.20 Å². The summed E-state index contributed by atoms with van der Waals surface area (Å²) >= 11 is 0. The summed E-state index contributed by atoms with van der Waals surface area (Å²) in [5, 5.41) is 10.4. The third-order valence-corrected chi connectivity index (χ3v) is 4.79. The maximum atomic E-state index is 12.4. The Labute approximate surface area is 137 Å².